The second-order valence-corrected chi connectivity index (χ2v) is 10.6. The number of hydrogen-bond acceptors (Lipinski definition) is 4. The minimum atomic E-state index is -1.24. The van der Waals surface area contributed by atoms with E-state index in [4.69, 9.17) is 9.47 Å². The first kappa shape index (κ1) is 29.8. The Balaban J connectivity index is 1.52. The van der Waals surface area contributed by atoms with Gasteiger partial charge in [0.2, 0.25) is 0 Å². The molecule has 0 amide bonds. The maximum Gasteiger partial charge on any atom is 0.176 e. The van der Waals surface area contributed by atoms with Crippen LogP contribution in [0.1, 0.15) is 68.7 Å². The number of methoxy groups -OCH3 is 1. The number of ketones is 2. The van der Waals surface area contributed by atoms with E-state index in [1.54, 1.807) is 49.4 Å². The lowest BCUT2D eigenvalue weighted by Crippen LogP contribution is -2.21. The second kappa shape index (κ2) is 12.7. The first-order chi connectivity index (χ1) is 20.7. The van der Waals surface area contributed by atoms with Crippen molar-refractivity contribution in [3.63, 3.8) is 0 Å². The van der Waals surface area contributed by atoms with E-state index in [2.05, 4.69) is 0 Å². The van der Waals surface area contributed by atoms with Gasteiger partial charge in [-0.05, 0) is 42.2 Å². The van der Waals surface area contributed by atoms with Gasteiger partial charge in [-0.3, -0.25) is 9.59 Å². The van der Waals surface area contributed by atoms with Gasteiger partial charge in [-0.15, -0.1) is 0 Å². The lowest BCUT2D eigenvalue weighted by atomic mass is 9.82. The summed E-state index contributed by atoms with van der Waals surface area (Å²) >= 11 is 0. The van der Waals surface area contributed by atoms with Crippen molar-refractivity contribution in [1.82, 2.24) is 0 Å². The van der Waals surface area contributed by atoms with E-state index in [1.807, 2.05) is 37.3 Å². The predicted molar refractivity (Wildman–Crippen MR) is 159 cm³/mol. The third-order valence-electron chi connectivity index (χ3n) is 7.81. The molecule has 220 valence electrons. The van der Waals surface area contributed by atoms with Crippen LogP contribution in [0.2, 0.25) is 0 Å². The maximum absolute atomic E-state index is 14.8. The van der Waals surface area contributed by atoms with Crippen molar-refractivity contribution >= 4 is 17.1 Å². The molecule has 0 radical (unpaired) electrons. The van der Waals surface area contributed by atoms with E-state index in [0.717, 1.165) is 22.3 Å². The average molecular weight is 585 g/mol. The number of rotatable bonds is 10. The molecule has 0 N–H and O–H groups in total. The smallest absolute Gasteiger partial charge is 0.176 e. The monoisotopic (exact) mass is 584 g/mol. The summed E-state index contributed by atoms with van der Waals surface area (Å²) in [6, 6.07) is 21.4. The van der Waals surface area contributed by atoms with Crippen LogP contribution >= 0.6 is 0 Å². The van der Waals surface area contributed by atoms with Gasteiger partial charge in [0.05, 0.1) is 12.7 Å². The first-order valence-corrected chi connectivity index (χ1v) is 14.1. The van der Waals surface area contributed by atoms with Gasteiger partial charge in [-0.2, -0.15) is 0 Å². The lowest BCUT2D eigenvalue weighted by Gasteiger charge is -2.23. The Morgan fingerprint density at radius 3 is 2.28 bits per heavy atom. The zero-order valence-electron chi connectivity index (χ0n) is 24.1. The molecule has 0 saturated carbocycles. The van der Waals surface area contributed by atoms with E-state index >= 15 is 0 Å². The van der Waals surface area contributed by atoms with E-state index in [-0.39, 0.29) is 12.4 Å². The number of hydrogen-bond donors (Lipinski definition) is 0. The van der Waals surface area contributed by atoms with Crippen LogP contribution in [-0.4, -0.2) is 18.7 Å². The van der Waals surface area contributed by atoms with Crippen LogP contribution < -0.4 is 9.47 Å². The topological polar surface area (TPSA) is 52.6 Å². The number of allylic oxidation sites excluding steroid dienone is 2. The second-order valence-electron chi connectivity index (χ2n) is 10.6. The highest BCUT2D eigenvalue weighted by molar-refractivity contribution is 6.02. The Labute approximate surface area is 248 Å². The van der Waals surface area contributed by atoms with Crippen molar-refractivity contribution in [2.75, 3.05) is 7.11 Å². The lowest BCUT2D eigenvalue weighted by molar-refractivity contribution is 0.0924. The Kier molecular flexibility index (Phi) is 8.81. The summed E-state index contributed by atoms with van der Waals surface area (Å²) in [6.07, 6.45) is 2.53. The Morgan fingerprint density at radius 1 is 0.907 bits per heavy atom. The molecular weight excluding hydrogens is 553 g/mol. The van der Waals surface area contributed by atoms with E-state index in [1.165, 1.54) is 7.11 Å². The number of carbonyl (C=O) groups excluding carboxylic acids is 2. The normalized spacial score (nSPS) is 16.1. The predicted octanol–water partition coefficient (Wildman–Crippen LogP) is 8.66. The molecule has 0 saturated heterocycles. The SMILES string of the molecule is CCC(=O)c1cccc(COc2cccc(C3CC(c4ccc(C)cc4)=CC3C(=O)c3c(F)cc(F)cc3F)c2OC)c1. The van der Waals surface area contributed by atoms with Crippen LogP contribution in [-0.2, 0) is 6.61 Å². The molecule has 2 unspecified atom stereocenters. The van der Waals surface area contributed by atoms with Crippen LogP contribution in [0.5, 0.6) is 11.5 Å². The number of halogens is 3. The zero-order valence-corrected chi connectivity index (χ0v) is 24.1. The summed E-state index contributed by atoms with van der Waals surface area (Å²) in [7, 11) is 1.49. The van der Waals surface area contributed by atoms with Crippen LogP contribution in [0.3, 0.4) is 0 Å². The number of ether oxygens (including phenoxy) is 2. The summed E-state index contributed by atoms with van der Waals surface area (Å²) in [5, 5.41) is 0. The van der Waals surface area contributed by atoms with Gasteiger partial charge in [-0.1, -0.05) is 73.2 Å². The molecule has 43 heavy (non-hydrogen) atoms. The zero-order chi connectivity index (χ0) is 30.7. The van der Waals surface area contributed by atoms with Gasteiger partial charge in [0.25, 0.3) is 0 Å². The van der Waals surface area contributed by atoms with Crippen molar-refractivity contribution in [2.45, 2.75) is 39.2 Å². The molecule has 4 aromatic rings. The number of carbonyl (C=O) groups is 2. The molecule has 0 spiro atoms. The molecule has 7 heteroatoms. The van der Waals surface area contributed by atoms with Crippen LogP contribution in [0, 0.1) is 30.3 Å². The number of benzene rings is 4. The van der Waals surface area contributed by atoms with E-state index in [9.17, 15) is 22.8 Å². The first-order valence-electron chi connectivity index (χ1n) is 14.1. The number of aryl methyl sites for hydroxylation is 1. The Hall–Kier alpha value is -4.65. The van der Waals surface area contributed by atoms with Crippen molar-refractivity contribution in [3.05, 3.63) is 136 Å². The fourth-order valence-corrected chi connectivity index (χ4v) is 5.61. The molecule has 1 aliphatic carbocycles. The van der Waals surface area contributed by atoms with Gasteiger partial charge in [0.15, 0.2) is 23.1 Å². The van der Waals surface area contributed by atoms with Gasteiger partial charge < -0.3 is 9.47 Å². The molecule has 2 atom stereocenters. The summed E-state index contributed by atoms with van der Waals surface area (Å²) in [5.41, 5.74) is 4.06. The molecule has 0 aromatic heterocycles. The molecule has 5 rings (SSSR count). The van der Waals surface area contributed by atoms with E-state index < -0.39 is 40.6 Å². The van der Waals surface area contributed by atoms with Crippen LogP contribution in [0.15, 0.2) is 84.9 Å². The number of Topliss-reactive ketones (excluding diaryl/α,β-unsaturated/α-hetero) is 2. The fraction of sp³-hybridized carbons (Fsp3) is 0.222. The highest BCUT2D eigenvalue weighted by Gasteiger charge is 2.39. The maximum atomic E-state index is 14.8. The van der Waals surface area contributed by atoms with Crippen LogP contribution in [0.4, 0.5) is 13.2 Å². The Bertz CT molecular complexity index is 1690. The molecular formula is C36H31F3O4. The van der Waals surface area contributed by atoms with Gasteiger partial charge in [-0.25, -0.2) is 13.2 Å². The van der Waals surface area contributed by atoms with Crippen molar-refractivity contribution in [1.29, 1.82) is 0 Å². The van der Waals surface area contributed by atoms with E-state index in [0.29, 0.717) is 47.6 Å². The molecule has 4 aromatic carbocycles. The minimum absolute atomic E-state index is 0.0317. The number of para-hydroxylation sites is 1. The molecule has 1 aliphatic rings. The standard InChI is InChI=1S/C36H31F3O4/c1-4-32(40)24-8-5-7-22(15-24)20-43-33-10-6-9-27(36(33)42-3)28-16-25(23-13-11-21(2)12-14-23)17-29(28)35(41)34-30(38)18-26(37)19-31(34)39/h5-15,17-19,28-29H,4,16,20H2,1-3H3. The fourth-order valence-electron chi connectivity index (χ4n) is 5.61. The molecule has 4 nitrogen and oxygen atoms in total. The minimum Gasteiger partial charge on any atom is -0.493 e. The highest BCUT2D eigenvalue weighted by Crippen LogP contribution is 2.49. The summed E-state index contributed by atoms with van der Waals surface area (Å²) < 4.78 is 55.2. The van der Waals surface area contributed by atoms with Crippen LogP contribution in [0.25, 0.3) is 5.57 Å². The third kappa shape index (κ3) is 6.26. The molecule has 0 heterocycles. The van der Waals surface area contributed by atoms with Crippen molar-refractivity contribution in [2.24, 2.45) is 5.92 Å². The average Bonchev–Trinajstić information content (AvgIpc) is 3.44. The largest absolute Gasteiger partial charge is 0.493 e. The summed E-state index contributed by atoms with van der Waals surface area (Å²) in [6.45, 7) is 3.94. The highest BCUT2D eigenvalue weighted by atomic mass is 19.1. The quantitative estimate of drug-likeness (QED) is 0.175. The van der Waals surface area contributed by atoms with Gasteiger partial charge in [0, 0.05) is 41.5 Å². The van der Waals surface area contributed by atoms with Crippen molar-refractivity contribution < 1.29 is 32.2 Å². The summed E-state index contributed by atoms with van der Waals surface area (Å²) in [5.74, 6) is -5.02. The molecule has 0 fully saturated rings. The van der Waals surface area contributed by atoms with Gasteiger partial charge >= 0.3 is 0 Å². The third-order valence-corrected chi connectivity index (χ3v) is 7.81. The Morgan fingerprint density at radius 2 is 1.60 bits per heavy atom. The summed E-state index contributed by atoms with van der Waals surface area (Å²) in [4.78, 5) is 25.9. The molecule has 0 bridgehead atoms. The van der Waals surface area contributed by atoms with Gasteiger partial charge in [0.1, 0.15) is 24.1 Å². The molecule has 0 aliphatic heterocycles. The van der Waals surface area contributed by atoms with Crippen molar-refractivity contribution in [3.8, 4) is 11.5 Å².